The van der Waals surface area contributed by atoms with Crippen molar-refractivity contribution in [3.8, 4) is 5.75 Å². The highest BCUT2D eigenvalue weighted by Crippen LogP contribution is 2.25. The van der Waals surface area contributed by atoms with Crippen LogP contribution in [0.5, 0.6) is 5.75 Å². The number of hydrogen-bond acceptors (Lipinski definition) is 8. The van der Waals surface area contributed by atoms with E-state index in [2.05, 4.69) is 25.7 Å². The summed E-state index contributed by atoms with van der Waals surface area (Å²) in [6.45, 7) is 0.0808. The first-order valence-corrected chi connectivity index (χ1v) is 11.2. The zero-order chi connectivity index (χ0) is 22.9. The van der Waals surface area contributed by atoms with Crippen LogP contribution in [0.15, 0.2) is 98.7 Å². The Morgan fingerprint density at radius 2 is 1.64 bits per heavy atom. The number of carbonyl (C=O) groups is 1. The summed E-state index contributed by atoms with van der Waals surface area (Å²) < 4.78 is 11.1. The normalized spacial score (nSPS) is 10.9. The number of ether oxygens (including phenoxy) is 1. The van der Waals surface area contributed by atoms with E-state index in [0.717, 1.165) is 17.4 Å². The number of hydrogen-bond donors (Lipinski definition) is 1. The molecule has 0 aliphatic carbocycles. The van der Waals surface area contributed by atoms with Gasteiger partial charge in [0.25, 0.3) is 11.1 Å². The molecule has 10 heteroatoms. The van der Waals surface area contributed by atoms with Crippen LogP contribution in [0.2, 0.25) is 5.02 Å². The molecule has 3 aromatic carbocycles. The third-order valence-electron chi connectivity index (χ3n) is 4.15. The Hall–Kier alpha value is -3.69. The van der Waals surface area contributed by atoms with Gasteiger partial charge in [-0.1, -0.05) is 53.7 Å². The number of benzene rings is 3. The molecule has 0 fully saturated rings. The topological polar surface area (TPSA) is 102 Å². The van der Waals surface area contributed by atoms with E-state index in [-0.39, 0.29) is 29.4 Å². The summed E-state index contributed by atoms with van der Waals surface area (Å²) in [5.74, 6) is 0.727. The maximum atomic E-state index is 12.2. The largest absolute Gasteiger partial charge is 0.482 e. The minimum atomic E-state index is -0.203. The van der Waals surface area contributed by atoms with E-state index in [9.17, 15) is 4.79 Å². The predicted octanol–water partition coefficient (Wildman–Crippen LogP) is 6.45. The van der Waals surface area contributed by atoms with Gasteiger partial charge >= 0.3 is 0 Å². The molecule has 0 aliphatic heterocycles. The van der Waals surface area contributed by atoms with Crippen molar-refractivity contribution in [1.29, 1.82) is 0 Å². The first-order chi connectivity index (χ1) is 16.2. The number of aromatic nitrogens is 2. The van der Waals surface area contributed by atoms with Gasteiger partial charge in [-0.25, -0.2) is 0 Å². The van der Waals surface area contributed by atoms with Gasteiger partial charge in [0, 0.05) is 5.69 Å². The van der Waals surface area contributed by atoms with Gasteiger partial charge in [-0.2, -0.15) is 10.2 Å². The molecule has 0 saturated heterocycles. The Morgan fingerprint density at radius 3 is 2.39 bits per heavy atom. The predicted molar refractivity (Wildman–Crippen MR) is 126 cm³/mol. The number of para-hydroxylation sites is 1. The van der Waals surface area contributed by atoms with Crippen molar-refractivity contribution in [1.82, 2.24) is 10.2 Å². The molecule has 0 bridgehead atoms. The Morgan fingerprint density at radius 1 is 0.939 bits per heavy atom. The van der Waals surface area contributed by atoms with Gasteiger partial charge in [-0.15, -0.1) is 10.2 Å². The van der Waals surface area contributed by atoms with E-state index in [1.807, 2.05) is 42.5 Å². The first kappa shape index (κ1) is 22.5. The standard InChI is InChI=1S/C23H18ClN5O3S/c24-19-8-4-5-9-20(19)31-14-22-28-29-23(32-22)33-15-21(30)25-16-10-12-18(13-11-16)27-26-17-6-2-1-3-7-17/h1-13H,14-15H2,(H,25,30). The number of nitrogens with one attached hydrogen (secondary N) is 1. The summed E-state index contributed by atoms with van der Waals surface area (Å²) in [6.07, 6.45) is 0. The zero-order valence-electron chi connectivity index (χ0n) is 17.2. The fraction of sp³-hybridized carbons (Fsp3) is 0.0870. The zero-order valence-corrected chi connectivity index (χ0v) is 18.8. The van der Waals surface area contributed by atoms with Gasteiger partial charge in [-0.05, 0) is 48.5 Å². The fourth-order valence-corrected chi connectivity index (χ4v) is 3.37. The van der Waals surface area contributed by atoms with E-state index >= 15 is 0 Å². The van der Waals surface area contributed by atoms with E-state index in [0.29, 0.717) is 22.1 Å². The van der Waals surface area contributed by atoms with Crippen molar-refractivity contribution < 1.29 is 13.9 Å². The number of thioether (sulfide) groups is 1. The first-order valence-electron chi connectivity index (χ1n) is 9.85. The summed E-state index contributed by atoms with van der Waals surface area (Å²) >= 11 is 7.18. The molecule has 0 atom stereocenters. The summed E-state index contributed by atoms with van der Waals surface area (Å²) in [5.41, 5.74) is 2.11. The number of azo groups is 1. The minimum Gasteiger partial charge on any atom is -0.482 e. The molecule has 4 aromatic rings. The average molecular weight is 480 g/mol. The Labute approximate surface area is 199 Å². The van der Waals surface area contributed by atoms with Gasteiger partial charge in [0.2, 0.25) is 5.91 Å². The lowest BCUT2D eigenvalue weighted by Crippen LogP contribution is -2.13. The summed E-state index contributed by atoms with van der Waals surface area (Å²) in [5, 5.41) is 19.8. The molecule has 4 rings (SSSR count). The Bertz CT molecular complexity index is 1230. The monoisotopic (exact) mass is 479 g/mol. The number of anilines is 1. The lowest BCUT2D eigenvalue weighted by atomic mass is 10.3. The second-order valence-corrected chi connectivity index (χ2v) is 7.93. The lowest BCUT2D eigenvalue weighted by molar-refractivity contribution is -0.113. The van der Waals surface area contributed by atoms with Crippen molar-refractivity contribution in [2.45, 2.75) is 11.8 Å². The number of amides is 1. The summed E-state index contributed by atoms with van der Waals surface area (Å²) in [6, 6.07) is 23.6. The summed E-state index contributed by atoms with van der Waals surface area (Å²) in [4.78, 5) is 12.2. The van der Waals surface area contributed by atoms with E-state index in [4.69, 9.17) is 20.8 Å². The second kappa shape index (κ2) is 11.3. The number of rotatable bonds is 9. The Kier molecular flexibility index (Phi) is 7.68. The van der Waals surface area contributed by atoms with Crippen LogP contribution < -0.4 is 10.1 Å². The van der Waals surface area contributed by atoms with Crippen LogP contribution >= 0.6 is 23.4 Å². The van der Waals surface area contributed by atoms with Crippen molar-refractivity contribution in [3.63, 3.8) is 0 Å². The molecule has 0 aliphatic rings. The van der Waals surface area contributed by atoms with Gasteiger partial charge in [0.05, 0.1) is 22.2 Å². The number of carbonyl (C=O) groups excluding carboxylic acids is 1. The average Bonchev–Trinajstić information content (AvgIpc) is 3.30. The van der Waals surface area contributed by atoms with Crippen molar-refractivity contribution in [2.75, 3.05) is 11.1 Å². The van der Waals surface area contributed by atoms with Gasteiger partial charge in [0.15, 0.2) is 6.61 Å². The van der Waals surface area contributed by atoms with Crippen LogP contribution in [0.1, 0.15) is 5.89 Å². The number of halogens is 1. The molecule has 166 valence electrons. The van der Waals surface area contributed by atoms with Crippen LogP contribution in [0, 0.1) is 0 Å². The van der Waals surface area contributed by atoms with Crippen LogP contribution in [-0.2, 0) is 11.4 Å². The van der Waals surface area contributed by atoms with Crippen LogP contribution in [0.3, 0.4) is 0 Å². The maximum Gasteiger partial charge on any atom is 0.277 e. The molecular formula is C23H18ClN5O3S. The maximum absolute atomic E-state index is 12.2. The highest BCUT2D eigenvalue weighted by molar-refractivity contribution is 7.99. The molecule has 0 unspecified atom stereocenters. The van der Waals surface area contributed by atoms with Gasteiger partial charge in [-0.3, -0.25) is 4.79 Å². The second-order valence-electron chi connectivity index (χ2n) is 6.60. The van der Waals surface area contributed by atoms with Crippen LogP contribution in [-0.4, -0.2) is 21.9 Å². The molecule has 0 spiro atoms. The molecule has 1 amide bonds. The van der Waals surface area contributed by atoms with Crippen LogP contribution in [0.4, 0.5) is 17.1 Å². The van der Waals surface area contributed by atoms with Gasteiger partial charge in [0.1, 0.15) is 5.75 Å². The van der Waals surface area contributed by atoms with Crippen molar-refractivity contribution in [2.24, 2.45) is 10.2 Å². The molecule has 33 heavy (non-hydrogen) atoms. The SMILES string of the molecule is O=C(CSc1nnc(COc2ccccc2Cl)o1)Nc1ccc(N=Nc2ccccc2)cc1. The molecule has 8 nitrogen and oxygen atoms in total. The highest BCUT2D eigenvalue weighted by atomic mass is 35.5. The molecule has 0 saturated carbocycles. The van der Waals surface area contributed by atoms with Crippen LogP contribution in [0.25, 0.3) is 0 Å². The third-order valence-corrected chi connectivity index (χ3v) is 5.28. The fourth-order valence-electron chi connectivity index (χ4n) is 2.60. The lowest BCUT2D eigenvalue weighted by Gasteiger charge is -2.04. The quantitative estimate of drug-likeness (QED) is 0.218. The van der Waals surface area contributed by atoms with Crippen molar-refractivity contribution >= 4 is 46.3 Å². The minimum absolute atomic E-state index is 0.0808. The third kappa shape index (κ3) is 6.90. The smallest absolute Gasteiger partial charge is 0.277 e. The molecule has 1 N–H and O–H groups in total. The number of nitrogens with zero attached hydrogens (tertiary/aromatic N) is 4. The van der Waals surface area contributed by atoms with Gasteiger partial charge < -0.3 is 14.5 Å². The van der Waals surface area contributed by atoms with Crippen molar-refractivity contribution in [3.05, 3.63) is 89.8 Å². The van der Waals surface area contributed by atoms with E-state index in [1.54, 1.807) is 36.4 Å². The molecule has 1 heterocycles. The Balaban J connectivity index is 1.22. The highest BCUT2D eigenvalue weighted by Gasteiger charge is 2.11. The summed E-state index contributed by atoms with van der Waals surface area (Å²) in [7, 11) is 0. The molecule has 1 aromatic heterocycles. The molecular weight excluding hydrogens is 462 g/mol. The van der Waals surface area contributed by atoms with E-state index < -0.39 is 0 Å². The molecule has 0 radical (unpaired) electrons. The van der Waals surface area contributed by atoms with E-state index in [1.165, 1.54) is 0 Å².